The topological polar surface area (TPSA) is 88.2 Å². The van der Waals surface area contributed by atoms with E-state index >= 15 is 0 Å². The molecule has 1 heterocycles. The van der Waals surface area contributed by atoms with Gasteiger partial charge >= 0.3 is 0 Å². The van der Waals surface area contributed by atoms with Gasteiger partial charge in [-0.2, -0.15) is 4.31 Å². The Morgan fingerprint density at radius 2 is 1.77 bits per heavy atom. The monoisotopic (exact) mass is 453 g/mol. The molecular weight excluding hydrogens is 430 g/mol. The molecule has 2 aromatic carbocycles. The van der Waals surface area contributed by atoms with Crippen molar-refractivity contribution in [3.8, 4) is 11.5 Å². The van der Waals surface area contributed by atoms with Crippen LogP contribution >= 0.6 is 11.6 Å². The number of halogens is 1. The number of methoxy groups -OCH3 is 2. The van der Waals surface area contributed by atoms with Crippen LogP contribution in [0.3, 0.4) is 0 Å². The SMILES string of the molecule is COc1ccc(OC)c(S(=O)(=O)N2CCN(C(=O)CNc3ccccc3Cl)CC2)c1. The van der Waals surface area contributed by atoms with Crippen LogP contribution in [-0.4, -0.2) is 70.5 Å². The first-order valence-electron chi connectivity index (χ1n) is 9.35. The standard InChI is InChI=1S/C20H24ClN3O5S/c1-28-15-7-8-18(29-2)19(13-15)30(26,27)24-11-9-23(10-12-24)20(25)14-22-17-6-4-3-5-16(17)21/h3-8,13,22H,9-12,14H2,1-2H3. The summed E-state index contributed by atoms with van der Waals surface area (Å²) in [5.41, 5.74) is 0.679. The van der Waals surface area contributed by atoms with Crippen LogP contribution < -0.4 is 14.8 Å². The Morgan fingerprint density at radius 3 is 2.40 bits per heavy atom. The van der Waals surface area contributed by atoms with E-state index in [1.807, 2.05) is 12.1 Å². The number of benzene rings is 2. The number of carbonyl (C=O) groups is 1. The largest absolute Gasteiger partial charge is 0.497 e. The smallest absolute Gasteiger partial charge is 0.247 e. The van der Waals surface area contributed by atoms with Gasteiger partial charge in [-0.25, -0.2) is 8.42 Å². The van der Waals surface area contributed by atoms with Gasteiger partial charge in [-0.1, -0.05) is 23.7 Å². The molecule has 0 atom stereocenters. The zero-order valence-corrected chi connectivity index (χ0v) is 18.4. The number of para-hydroxylation sites is 1. The van der Waals surface area contributed by atoms with Crippen LogP contribution in [0.2, 0.25) is 5.02 Å². The van der Waals surface area contributed by atoms with Gasteiger partial charge in [-0.05, 0) is 24.3 Å². The third-order valence-corrected chi connectivity index (χ3v) is 7.13. The van der Waals surface area contributed by atoms with Crippen LogP contribution in [0.4, 0.5) is 5.69 Å². The number of hydrogen-bond donors (Lipinski definition) is 1. The van der Waals surface area contributed by atoms with E-state index in [0.717, 1.165) is 0 Å². The first kappa shape index (κ1) is 22.2. The molecule has 1 amide bonds. The fourth-order valence-corrected chi connectivity index (χ4v) is 4.99. The van der Waals surface area contributed by atoms with E-state index in [-0.39, 0.29) is 36.2 Å². The number of piperazine rings is 1. The second-order valence-electron chi connectivity index (χ2n) is 6.64. The van der Waals surface area contributed by atoms with Crippen LogP contribution in [0.5, 0.6) is 11.5 Å². The van der Waals surface area contributed by atoms with Crippen molar-refractivity contribution in [2.75, 3.05) is 52.3 Å². The predicted molar refractivity (Wildman–Crippen MR) is 115 cm³/mol. The van der Waals surface area contributed by atoms with Crippen molar-refractivity contribution in [1.82, 2.24) is 9.21 Å². The van der Waals surface area contributed by atoms with Crippen molar-refractivity contribution in [3.63, 3.8) is 0 Å². The molecule has 2 aromatic rings. The molecule has 1 saturated heterocycles. The highest BCUT2D eigenvalue weighted by molar-refractivity contribution is 7.89. The average molecular weight is 454 g/mol. The lowest BCUT2D eigenvalue weighted by Crippen LogP contribution is -2.51. The molecule has 0 radical (unpaired) electrons. The second-order valence-corrected chi connectivity index (χ2v) is 8.95. The van der Waals surface area contributed by atoms with E-state index in [4.69, 9.17) is 21.1 Å². The molecule has 0 bridgehead atoms. The first-order chi connectivity index (χ1) is 14.4. The molecule has 0 saturated carbocycles. The summed E-state index contributed by atoms with van der Waals surface area (Å²) in [6.07, 6.45) is 0. The van der Waals surface area contributed by atoms with Crippen molar-refractivity contribution in [1.29, 1.82) is 0 Å². The summed E-state index contributed by atoms with van der Waals surface area (Å²) in [6, 6.07) is 11.8. The summed E-state index contributed by atoms with van der Waals surface area (Å²) in [7, 11) is -0.899. The molecule has 10 heteroatoms. The number of rotatable bonds is 7. The molecule has 0 unspecified atom stereocenters. The van der Waals surface area contributed by atoms with Gasteiger partial charge in [-0.15, -0.1) is 0 Å². The fraction of sp³-hybridized carbons (Fsp3) is 0.350. The molecule has 3 rings (SSSR count). The first-order valence-corrected chi connectivity index (χ1v) is 11.2. The predicted octanol–water partition coefficient (Wildman–Crippen LogP) is 2.30. The van der Waals surface area contributed by atoms with Crippen molar-refractivity contribution in [2.24, 2.45) is 0 Å². The molecule has 0 aliphatic carbocycles. The van der Waals surface area contributed by atoms with Gasteiger partial charge < -0.3 is 19.7 Å². The van der Waals surface area contributed by atoms with E-state index in [0.29, 0.717) is 29.5 Å². The number of nitrogens with zero attached hydrogens (tertiary/aromatic N) is 2. The highest BCUT2D eigenvalue weighted by Gasteiger charge is 2.32. The Morgan fingerprint density at radius 1 is 1.07 bits per heavy atom. The van der Waals surface area contributed by atoms with Gasteiger partial charge in [0.2, 0.25) is 15.9 Å². The van der Waals surface area contributed by atoms with Crippen molar-refractivity contribution < 1.29 is 22.7 Å². The Kier molecular flexibility index (Phi) is 7.06. The van der Waals surface area contributed by atoms with Crippen molar-refractivity contribution in [2.45, 2.75) is 4.90 Å². The number of nitrogens with one attached hydrogen (secondary N) is 1. The van der Waals surface area contributed by atoms with Crippen LogP contribution in [0, 0.1) is 0 Å². The molecule has 0 spiro atoms. The Bertz CT molecular complexity index is 1010. The van der Waals surface area contributed by atoms with Gasteiger partial charge in [0.1, 0.15) is 16.4 Å². The molecule has 1 aliphatic heterocycles. The fourth-order valence-electron chi connectivity index (χ4n) is 3.19. The van der Waals surface area contributed by atoms with Crippen LogP contribution in [-0.2, 0) is 14.8 Å². The molecule has 162 valence electrons. The molecule has 1 fully saturated rings. The lowest BCUT2D eigenvalue weighted by Gasteiger charge is -2.34. The number of carbonyl (C=O) groups excluding carboxylic acids is 1. The van der Waals surface area contributed by atoms with E-state index in [1.54, 1.807) is 29.2 Å². The summed E-state index contributed by atoms with van der Waals surface area (Å²) >= 11 is 6.09. The quantitative estimate of drug-likeness (QED) is 0.692. The maximum atomic E-state index is 13.1. The maximum absolute atomic E-state index is 13.1. The van der Waals surface area contributed by atoms with E-state index < -0.39 is 10.0 Å². The number of ether oxygens (including phenoxy) is 2. The second kappa shape index (κ2) is 9.55. The van der Waals surface area contributed by atoms with Crippen LogP contribution in [0.25, 0.3) is 0 Å². The van der Waals surface area contributed by atoms with Crippen molar-refractivity contribution >= 4 is 33.2 Å². The van der Waals surface area contributed by atoms with E-state index in [2.05, 4.69) is 5.32 Å². The van der Waals surface area contributed by atoms with Gasteiger partial charge in [0.05, 0.1) is 31.5 Å². The third kappa shape index (κ3) is 4.80. The summed E-state index contributed by atoms with van der Waals surface area (Å²) in [5.74, 6) is 0.554. The molecule has 1 N–H and O–H groups in total. The van der Waals surface area contributed by atoms with Gasteiger partial charge in [0.25, 0.3) is 0 Å². The van der Waals surface area contributed by atoms with Gasteiger partial charge in [-0.3, -0.25) is 4.79 Å². The highest BCUT2D eigenvalue weighted by Crippen LogP contribution is 2.31. The number of hydrogen-bond acceptors (Lipinski definition) is 6. The summed E-state index contributed by atoms with van der Waals surface area (Å²) in [5, 5.41) is 3.56. The normalized spacial score (nSPS) is 15.0. The number of anilines is 1. The summed E-state index contributed by atoms with van der Waals surface area (Å²) in [6.45, 7) is 1.07. The van der Waals surface area contributed by atoms with E-state index in [1.165, 1.54) is 24.6 Å². The Balaban J connectivity index is 1.63. The molecule has 1 aliphatic rings. The van der Waals surface area contributed by atoms with E-state index in [9.17, 15) is 13.2 Å². The lowest BCUT2D eigenvalue weighted by atomic mass is 10.3. The minimum Gasteiger partial charge on any atom is -0.497 e. The molecule has 0 aromatic heterocycles. The molecule has 30 heavy (non-hydrogen) atoms. The zero-order valence-electron chi connectivity index (χ0n) is 16.8. The minimum absolute atomic E-state index is 0.0458. The lowest BCUT2D eigenvalue weighted by molar-refractivity contribution is -0.130. The number of sulfonamides is 1. The Labute approximate surface area is 181 Å². The highest BCUT2D eigenvalue weighted by atomic mass is 35.5. The van der Waals surface area contributed by atoms with Crippen LogP contribution in [0.1, 0.15) is 0 Å². The van der Waals surface area contributed by atoms with Crippen molar-refractivity contribution in [3.05, 3.63) is 47.5 Å². The van der Waals surface area contributed by atoms with Crippen LogP contribution in [0.15, 0.2) is 47.4 Å². The average Bonchev–Trinajstić information content (AvgIpc) is 2.78. The summed E-state index contributed by atoms with van der Waals surface area (Å²) < 4.78 is 38.0. The third-order valence-electron chi connectivity index (χ3n) is 4.88. The maximum Gasteiger partial charge on any atom is 0.247 e. The minimum atomic E-state index is -3.79. The molecular formula is C20H24ClN3O5S. The Hall–Kier alpha value is -2.49. The number of amides is 1. The molecule has 8 nitrogen and oxygen atoms in total. The van der Waals surface area contributed by atoms with Gasteiger partial charge in [0, 0.05) is 32.2 Å². The zero-order chi connectivity index (χ0) is 21.7. The summed E-state index contributed by atoms with van der Waals surface area (Å²) in [4.78, 5) is 14.2. The van der Waals surface area contributed by atoms with Gasteiger partial charge in [0.15, 0.2) is 0 Å².